The van der Waals surface area contributed by atoms with E-state index < -0.39 is 0 Å². The van der Waals surface area contributed by atoms with Crippen LogP contribution in [0.3, 0.4) is 0 Å². The summed E-state index contributed by atoms with van der Waals surface area (Å²) < 4.78 is 0. The van der Waals surface area contributed by atoms with Gasteiger partial charge in [0.1, 0.15) is 0 Å². The van der Waals surface area contributed by atoms with Crippen molar-refractivity contribution in [2.75, 3.05) is 20.2 Å². The Kier molecular flexibility index (Phi) is 4.38. The Morgan fingerprint density at radius 1 is 1.69 bits per heavy atom. The lowest BCUT2D eigenvalue weighted by Crippen LogP contribution is -2.39. The highest BCUT2D eigenvalue weighted by atomic mass is 32.1. The second kappa shape index (κ2) is 5.34. The lowest BCUT2D eigenvalue weighted by Gasteiger charge is -2.24. The monoisotopic (exact) mass is 200 g/mol. The average molecular weight is 200 g/mol. The van der Waals surface area contributed by atoms with E-state index in [-0.39, 0.29) is 12.6 Å². The van der Waals surface area contributed by atoms with E-state index in [0.29, 0.717) is 6.54 Å². The van der Waals surface area contributed by atoms with Crippen LogP contribution in [0.5, 0.6) is 0 Å². The van der Waals surface area contributed by atoms with Gasteiger partial charge in [0.2, 0.25) is 0 Å². The quantitative estimate of drug-likeness (QED) is 0.727. The summed E-state index contributed by atoms with van der Waals surface area (Å²) in [7, 11) is 1.98. The molecule has 0 aromatic carbocycles. The zero-order valence-electron chi connectivity index (χ0n) is 7.81. The predicted octanol–water partition coefficient (Wildman–Crippen LogP) is 0.500. The summed E-state index contributed by atoms with van der Waals surface area (Å²) >= 11 is 1.73. The summed E-state index contributed by atoms with van der Waals surface area (Å²) in [5, 5.41) is 11.1. The maximum Gasteiger partial charge on any atom is 0.0599 e. The summed E-state index contributed by atoms with van der Waals surface area (Å²) in [6, 6.07) is 4.19. The number of nitrogens with zero attached hydrogens (tertiary/aromatic N) is 1. The third kappa shape index (κ3) is 3.08. The zero-order chi connectivity index (χ0) is 9.68. The summed E-state index contributed by atoms with van der Waals surface area (Å²) in [6.45, 7) is 1.48. The number of rotatable bonds is 5. The Hall–Kier alpha value is -0.420. The SMILES string of the molecule is CN(Cc1cccs1)C(CN)CO. The molecule has 0 saturated heterocycles. The Morgan fingerprint density at radius 3 is 2.92 bits per heavy atom. The molecule has 1 unspecified atom stereocenters. The molecule has 3 N–H and O–H groups in total. The molecule has 0 amide bonds. The second-order valence-corrected chi connectivity index (χ2v) is 4.10. The van der Waals surface area contributed by atoms with Gasteiger partial charge in [-0.2, -0.15) is 0 Å². The molecule has 0 aliphatic heterocycles. The fourth-order valence-electron chi connectivity index (χ4n) is 1.17. The van der Waals surface area contributed by atoms with Gasteiger partial charge in [-0.05, 0) is 18.5 Å². The summed E-state index contributed by atoms with van der Waals surface area (Å²) in [6.07, 6.45) is 0. The first-order chi connectivity index (χ1) is 6.27. The standard InChI is InChI=1S/C9H16N2OS/c1-11(8(5-10)7-12)6-9-3-2-4-13-9/h2-4,8,12H,5-7,10H2,1H3. The molecule has 13 heavy (non-hydrogen) atoms. The van der Waals surface area contributed by atoms with Gasteiger partial charge in [-0.15, -0.1) is 11.3 Å². The third-order valence-electron chi connectivity index (χ3n) is 2.09. The maximum atomic E-state index is 9.01. The normalized spacial score (nSPS) is 13.5. The van der Waals surface area contributed by atoms with Crippen LogP contribution in [0.2, 0.25) is 0 Å². The molecule has 0 radical (unpaired) electrons. The van der Waals surface area contributed by atoms with Crippen LogP contribution >= 0.6 is 11.3 Å². The lowest BCUT2D eigenvalue weighted by molar-refractivity contribution is 0.147. The van der Waals surface area contributed by atoms with Crippen LogP contribution in [0.4, 0.5) is 0 Å². The number of aliphatic hydroxyl groups excluding tert-OH is 1. The topological polar surface area (TPSA) is 49.5 Å². The van der Waals surface area contributed by atoms with Crippen molar-refractivity contribution in [1.29, 1.82) is 0 Å². The molecule has 0 bridgehead atoms. The molecule has 0 saturated carbocycles. The molecule has 0 spiro atoms. The van der Waals surface area contributed by atoms with Gasteiger partial charge < -0.3 is 10.8 Å². The van der Waals surface area contributed by atoms with Gasteiger partial charge in [0.05, 0.1) is 6.61 Å². The number of hydrogen-bond acceptors (Lipinski definition) is 4. The molecular weight excluding hydrogens is 184 g/mol. The highest BCUT2D eigenvalue weighted by molar-refractivity contribution is 7.09. The fourth-order valence-corrected chi connectivity index (χ4v) is 1.94. The molecule has 1 aromatic rings. The largest absolute Gasteiger partial charge is 0.395 e. The van der Waals surface area contributed by atoms with E-state index in [0.717, 1.165) is 6.54 Å². The Labute approximate surface area is 82.8 Å². The smallest absolute Gasteiger partial charge is 0.0599 e. The molecule has 0 aliphatic carbocycles. The summed E-state index contributed by atoms with van der Waals surface area (Å²) in [5.41, 5.74) is 5.51. The Balaban J connectivity index is 2.44. The van der Waals surface area contributed by atoms with Crippen molar-refractivity contribution >= 4 is 11.3 Å². The first-order valence-electron chi connectivity index (χ1n) is 4.31. The van der Waals surface area contributed by atoms with Crippen molar-refractivity contribution < 1.29 is 5.11 Å². The average Bonchev–Trinajstić information content (AvgIpc) is 2.59. The minimum Gasteiger partial charge on any atom is -0.395 e. The van der Waals surface area contributed by atoms with Gasteiger partial charge in [-0.25, -0.2) is 0 Å². The van der Waals surface area contributed by atoms with Crippen LogP contribution in [-0.2, 0) is 6.54 Å². The molecule has 3 nitrogen and oxygen atoms in total. The molecule has 1 heterocycles. The molecule has 0 fully saturated rings. The first-order valence-corrected chi connectivity index (χ1v) is 5.19. The molecule has 0 aliphatic rings. The minimum atomic E-state index is 0.0714. The van der Waals surface area contributed by atoms with Gasteiger partial charge in [-0.3, -0.25) is 4.90 Å². The summed E-state index contributed by atoms with van der Waals surface area (Å²) in [5.74, 6) is 0. The van der Waals surface area contributed by atoms with Crippen LogP contribution in [0.15, 0.2) is 17.5 Å². The molecular formula is C9H16N2OS. The van der Waals surface area contributed by atoms with Crippen LogP contribution in [-0.4, -0.2) is 36.2 Å². The van der Waals surface area contributed by atoms with Gasteiger partial charge in [0.15, 0.2) is 0 Å². The zero-order valence-corrected chi connectivity index (χ0v) is 8.63. The number of aliphatic hydroxyl groups is 1. The highest BCUT2D eigenvalue weighted by Gasteiger charge is 2.11. The molecule has 1 aromatic heterocycles. The van der Waals surface area contributed by atoms with Crippen LogP contribution in [0.25, 0.3) is 0 Å². The van der Waals surface area contributed by atoms with E-state index in [1.165, 1.54) is 4.88 Å². The molecule has 1 atom stereocenters. The van der Waals surface area contributed by atoms with Crippen LogP contribution < -0.4 is 5.73 Å². The van der Waals surface area contributed by atoms with E-state index in [2.05, 4.69) is 16.3 Å². The summed E-state index contributed by atoms with van der Waals surface area (Å²) in [4.78, 5) is 3.38. The third-order valence-corrected chi connectivity index (χ3v) is 2.95. The fraction of sp³-hybridized carbons (Fsp3) is 0.556. The molecule has 4 heteroatoms. The van der Waals surface area contributed by atoms with Gasteiger partial charge in [-0.1, -0.05) is 6.07 Å². The van der Waals surface area contributed by atoms with Crippen molar-refractivity contribution in [3.05, 3.63) is 22.4 Å². The Bertz CT molecular complexity index is 222. The Morgan fingerprint density at radius 2 is 2.46 bits per heavy atom. The number of likely N-dealkylation sites (N-methyl/N-ethyl adjacent to an activating group) is 1. The second-order valence-electron chi connectivity index (χ2n) is 3.07. The van der Waals surface area contributed by atoms with Crippen LogP contribution in [0, 0.1) is 0 Å². The van der Waals surface area contributed by atoms with Crippen molar-refractivity contribution in [2.45, 2.75) is 12.6 Å². The van der Waals surface area contributed by atoms with Gasteiger partial charge in [0, 0.05) is 24.0 Å². The van der Waals surface area contributed by atoms with E-state index >= 15 is 0 Å². The highest BCUT2D eigenvalue weighted by Crippen LogP contribution is 2.11. The molecule has 74 valence electrons. The van der Waals surface area contributed by atoms with Crippen molar-refractivity contribution in [3.63, 3.8) is 0 Å². The number of thiophene rings is 1. The number of hydrogen-bond donors (Lipinski definition) is 2. The first kappa shape index (κ1) is 10.7. The van der Waals surface area contributed by atoms with Gasteiger partial charge in [0.25, 0.3) is 0 Å². The molecule has 1 rings (SSSR count). The van der Waals surface area contributed by atoms with Crippen molar-refractivity contribution in [2.24, 2.45) is 5.73 Å². The van der Waals surface area contributed by atoms with Gasteiger partial charge >= 0.3 is 0 Å². The van der Waals surface area contributed by atoms with E-state index in [4.69, 9.17) is 10.8 Å². The predicted molar refractivity (Wildman–Crippen MR) is 55.7 cm³/mol. The van der Waals surface area contributed by atoms with Crippen LogP contribution in [0.1, 0.15) is 4.88 Å². The van der Waals surface area contributed by atoms with Crippen molar-refractivity contribution in [3.8, 4) is 0 Å². The lowest BCUT2D eigenvalue weighted by atomic mass is 10.2. The van der Waals surface area contributed by atoms with E-state index in [1.807, 2.05) is 13.1 Å². The maximum absolute atomic E-state index is 9.01. The van der Waals surface area contributed by atoms with E-state index in [1.54, 1.807) is 11.3 Å². The number of nitrogens with two attached hydrogens (primary N) is 1. The van der Waals surface area contributed by atoms with Crippen molar-refractivity contribution in [1.82, 2.24) is 4.90 Å². The minimum absolute atomic E-state index is 0.0714. The van der Waals surface area contributed by atoms with E-state index in [9.17, 15) is 0 Å².